The van der Waals surface area contributed by atoms with Crippen molar-refractivity contribution in [2.75, 3.05) is 13.1 Å². The first-order valence-electron chi connectivity index (χ1n) is 5.85. The van der Waals surface area contributed by atoms with E-state index in [-0.39, 0.29) is 0 Å². The zero-order valence-corrected chi connectivity index (χ0v) is 9.42. The summed E-state index contributed by atoms with van der Waals surface area (Å²) < 4.78 is 0. The lowest BCUT2D eigenvalue weighted by Crippen LogP contribution is -2.33. The standard InChI is InChI=1S/C13H20N2/c1-11-5-2-3-6-12(11)9-14-10-13-7-4-8-15-13/h2-3,5-6,13-15H,4,7-10H2,1H3/t13-/m0/s1. The lowest BCUT2D eigenvalue weighted by Gasteiger charge is -2.12. The van der Waals surface area contributed by atoms with Gasteiger partial charge < -0.3 is 10.6 Å². The van der Waals surface area contributed by atoms with E-state index in [4.69, 9.17) is 0 Å². The Morgan fingerprint density at radius 2 is 2.27 bits per heavy atom. The topological polar surface area (TPSA) is 24.1 Å². The van der Waals surface area contributed by atoms with Gasteiger partial charge in [0, 0.05) is 19.1 Å². The molecule has 82 valence electrons. The second kappa shape index (κ2) is 5.29. The van der Waals surface area contributed by atoms with Crippen molar-refractivity contribution >= 4 is 0 Å². The fourth-order valence-corrected chi connectivity index (χ4v) is 2.12. The Hall–Kier alpha value is -0.860. The molecule has 1 heterocycles. The first-order valence-corrected chi connectivity index (χ1v) is 5.85. The SMILES string of the molecule is Cc1ccccc1CNC[C@@H]1CCCN1. The normalized spacial score (nSPS) is 20.7. The molecular formula is C13H20N2. The summed E-state index contributed by atoms with van der Waals surface area (Å²) in [4.78, 5) is 0. The van der Waals surface area contributed by atoms with Gasteiger partial charge in [0.1, 0.15) is 0 Å². The predicted molar refractivity (Wildman–Crippen MR) is 63.9 cm³/mol. The molecule has 1 fully saturated rings. The van der Waals surface area contributed by atoms with Crippen LogP contribution in [0.5, 0.6) is 0 Å². The van der Waals surface area contributed by atoms with Gasteiger partial charge in [0.15, 0.2) is 0 Å². The van der Waals surface area contributed by atoms with Crippen molar-refractivity contribution in [2.45, 2.75) is 32.4 Å². The van der Waals surface area contributed by atoms with Crippen LogP contribution in [0.15, 0.2) is 24.3 Å². The van der Waals surface area contributed by atoms with Crippen molar-refractivity contribution in [1.82, 2.24) is 10.6 Å². The zero-order chi connectivity index (χ0) is 10.5. The van der Waals surface area contributed by atoms with E-state index in [0.29, 0.717) is 6.04 Å². The van der Waals surface area contributed by atoms with E-state index in [2.05, 4.69) is 41.8 Å². The quantitative estimate of drug-likeness (QED) is 0.782. The lowest BCUT2D eigenvalue weighted by atomic mass is 10.1. The van der Waals surface area contributed by atoms with Crippen molar-refractivity contribution in [1.29, 1.82) is 0 Å². The summed E-state index contributed by atoms with van der Waals surface area (Å²) in [6, 6.07) is 9.26. The van der Waals surface area contributed by atoms with E-state index in [1.165, 1.54) is 30.5 Å². The molecule has 0 saturated carbocycles. The van der Waals surface area contributed by atoms with Crippen LogP contribution in [0, 0.1) is 6.92 Å². The molecule has 0 aliphatic carbocycles. The number of benzene rings is 1. The molecule has 2 heteroatoms. The predicted octanol–water partition coefficient (Wildman–Crippen LogP) is 1.84. The maximum absolute atomic E-state index is 3.52. The minimum atomic E-state index is 0.689. The van der Waals surface area contributed by atoms with Crippen LogP contribution in [0.3, 0.4) is 0 Å². The zero-order valence-electron chi connectivity index (χ0n) is 9.42. The summed E-state index contributed by atoms with van der Waals surface area (Å²) in [5.74, 6) is 0. The Labute approximate surface area is 92.1 Å². The highest BCUT2D eigenvalue weighted by Gasteiger charge is 2.12. The van der Waals surface area contributed by atoms with Crippen LogP contribution in [0.1, 0.15) is 24.0 Å². The first kappa shape index (κ1) is 10.7. The number of hydrogen-bond donors (Lipinski definition) is 2. The van der Waals surface area contributed by atoms with Gasteiger partial charge in [0.25, 0.3) is 0 Å². The van der Waals surface area contributed by atoms with Gasteiger partial charge in [-0.3, -0.25) is 0 Å². The molecule has 1 saturated heterocycles. The van der Waals surface area contributed by atoms with E-state index in [1.54, 1.807) is 0 Å². The smallest absolute Gasteiger partial charge is 0.0208 e. The second-order valence-corrected chi connectivity index (χ2v) is 4.35. The van der Waals surface area contributed by atoms with Crippen LogP contribution >= 0.6 is 0 Å². The van der Waals surface area contributed by atoms with E-state index < -0.39 is 0 Å². The summed E-state index contributed by atoms with van der Waals surface area (Å²) in [6.07, 6.45) is 2.65. The van der Waals surface area contributed by atoms with Gasteiger partial charge in [-0.15, -0.1) is 0 Å². The molecule has 1 aliphatic rings. The van der Waals surface area contributed by atoms with Crippen molar-refractivity contribution < 1.29 is 0 Å². The third-order valence-corrected chi connectivity index (χ3v) is 3.13. The Morgan fingerprint density at radius 1 is 1.40 bits per heavy atom. The van der Waals surface area contributed by atoms with Gasteiger partial charge in [0.2, 0.25) is 0 Å². The van der Waals surface area contributed by atoms with Crippen LogP contribution in [-0.2, 0) is 6.54 Å². The van der Waals surface area contributed by atoms with E-state index in [9.17, 15) is 0 Å². The summed E-state index contributed by atoms with van der Waals surface area (Å²) in [7, 11) is 0. The summed E-state index contributed by atoms with van der Waals surface area (Å²) >= 11 is 0. The van der Waals surface area contributed by atoms with E-state index in [0.717, 1.165) is 13.1 Å². The number of nitrogens with one attached hydrogen (secondary N) is 2. The molecule has 0 spiro atoms. The number of rotatable bonds is 4. The van der Waals surface area contributed by atoms with Crippen LogP contribution < -0.4 is 10.6 Å². The average molecular weight is 204 g/mol. The van der Waals surface area contributed by atoms with Crippen molar-refractivity contribution in [2.24, 2.45) is 0 Å². The lowest BCUT2D eigenvalue weighted by molar-refractivity contribution is 0.535. The van der Waals surface area contributed by atoms with Gasteiger partial charge in [-0.2, -0.15) is 0 Å². The van der Waals surface area contributed by atoms with E-state index >= 15 is 0 Å². The monoisotopic (exact) mass is 204 g/mol. The Balaban J connectivity index is 1.75. The highest BCUT2D eigenvalue weighted by atomic mass is 15.0. The van der Waals surface area contributed by atoms with Gasteiger partial charge in [0.05, 0.1) is 0 Å². The maximum Gasteiger partial charge on any atom is 0.0208 e. The largest absolute Gasteiger partial charge is 0.313 e. The van der Waals surface area contributed by atoms with Gasteiger partial charge in [-0.1, -0.05) is 24.3 Å². The number of aryl methyl sites for hydroxylation is 1. The summed E-state index contributed by atoms with van der Waals surface area (Å²) in [6.45, 7) is 5.45. The van der Waals surface area contributed by atoms with Crippen LogP contribution in [0.2, 0.25) is 0 Å². The van der Waals surface area contributed by atoms with Crippen LogP contribution in [0.25, 0.3) is 0 Å². The van der Waals surface area contributed by atoms with E-state index in [1.807, 2.05) is 0 Å². The summed E-state index contributed by atoms with van der Waals surface area (Å²) in [5.41, 5.74) is 2.79. The molecule has 0 bridgehead atoms. The molecule has 2 N–H and O–H groups in total. The third-order valence-electron chi connectivity index (χ3n) is 3.13. The molecule has 0 unspecified atom stereocenters. The van der Waals surface area contributed by atoms with Crippen LogP contribution in [0.4, 0.5) is 0 Å². The molecular weight excluding hydrogens is 184 g/mol. The second-order valence-electron chi connectivity index (χ2n) is 4.35. The fraction of sp³-hybridized carbons (Fsp3) is 0.538. The van der Waals surface area contributed by atoms with Gasteiger partial charge >= 0.3 is 0 Å². The Morgan fingerprint density at radius 3 is 3.00 bits per heavy atom. The minimum Gasteiger partial charge on any atom is -0.313 e. The molecule has 0 radical (unpaired) electrons. The number of hydrogen-bond acceptors (Lipinski definition) is 2. The molecule has 2 nitrogen and oxygen atoms in total. The molecule has 2 rings (SSSR count). The van der Waals surface area contributed by atoms with Gasteiger partial charge in [-0.05, 0) is 37.4 Å². The third kappa shape index (κ3) is 3.05. The van der Waals surface area contributed by atoms with Crippen molar-refractivity contribution in [3.05, 3.63) is 35.4 Å². The molecule has 0 aromatic heterocycles. The highest BCUT2D eigenvalue weighted by molar-refractivity contribution is 5.25. The Bertz CT molecular complexity index is 303. The molecule has 15 heavy (non-hydrogen) atoms. The van der Waals surface area contributed by atoms with Crippen molar-refractivity contribution in [3.63, 3.8) is 0 Å². The van der Waals surface area contributed by atoms with Gasteiger partial charge in [-0.25, -0.2) is 0 Å². The molecule has 1 aliphatic heterocycles. The summed E-state index contributed by atoms with van der Waals surface area (Å²) in [5, 5.41) is 7.02. The van der Waals surface area contributed by atoms with Crippen LogP contribution in [-0.4, -0.2) is 19.1 Å². The molecule has 1 atom stereocenters. The Kier molecular flexibility index (Phi) is 3.75. The molecule has 1 aromatic carbocycles. The first-order chi connectivity index (χ1) is 7.36. The fourth-order valence-electron chi connectivity index (χ4n) is 2.12. The average Bonchev–Trinajstić information content (AvgIpc) is 2.74. The van der Waals surface area contributed by atoms with Crippen molar-refractivity contribution in [3.8, 4) is 0 Å². The highest BCUT2D eigenvalue weighted by Crippen LogP contribution is 2.07. The molecule has 1 aromatic rings. The minimum absolute atomic E-state index is 0.689. The molecule has 0 amide bonds. The maximum atomic E-state index is 3.52.